The van der Waals surface area contributed by atoms with Gasteiger partial charge in [-0.3, -0.25) is 0 Å². The molecule has 2 heteroatoms. The van der Waals surface area contributed by atoms with E-state index in [1.54, 1.807) is 0 Å². The lowest BCUT2D eigenvalue weighted by molar-refractivity contribution is 0.0929. The summed E-state index contributed by atoms with van der Waals surface area (Å²) in [7, 11) is 4.42. The molecular weight excluding hydrogens is 184 g/mol. The highest BCUT2D eigenvalue weighted by Gasteiger charge is 2.38. The lowest BCUT2D eigenvalue weighted by Crippen LogP contribution is -2.57. The van der Waals surface area contributed by atoms with Gasteiger partial charge in [-0.2, -0.15) is 0 Å². The van der Waals surface area contributed by atoms with E-state index in [2.05, 4.69) is 25.9 Å². The second kappa shape index (κ2) is 5.86. The zero-order valence-corrected chi connectivity index (χ0v) is 10.8. The minimum Gasteiger partial charge on any atom is -0.326 e. The average Bonchev–Trinajstić information content (AvgIpc) is 2.43. The van der Waals surface area contributed by atoms with E-state index < -0.39 is 0 Å². The minimum atomic E-state index is 0.284. The molecule has 0 spiro atoms. The molecule has 1 aliphatic carbocycles. The predicted molar refractivity (Wildman–Crippen MR) is 67.0 cm³/mol. The fourth-order valence-corrected chi connectivity index (χ4v) is 3.07. The molecule has 90 valence electrons. The molecule has 1 fully saturated rings. The van der Waals surface area contributed by atoms with Crippen molar-refractivity contribution in [2.24, 2.45) is 5.73 Å². The van der Waals surface area contributed by atoms with Crippen molar-refractivity contribution in [1.82, 2.24) is 4.90 Å². The van der Waals surface area contributed by atoms with Crippen LogP contribution in [0.5, 0.6) is 0 Å². The first-order valence-corrected chi connectivity index (χ1v) is 6.56. The van der Waals surface area contributed by atoms with E-state index >= 15 is 0 Å². The van der Waals surface area contributed by atoms with Crippen molar-refractivity contribution >= 4 is 0 Å². The van der Waals surface area contributed by atoms with Gasteiger partial charge < -0.3 is 10.6 Å². The average molecular weight is 212 g/mol. The molecule has 0 aliphatic heterocycles. The Morgan fingerprint density at radius 1 is 1.13 bits per heavy atom. The van der Waals surface area contributed by atoms with Gasteiger partial charge in [-0.15, -0.1) is 0 Å². The van der Waals surface area contributed by atoms with Crippen molar-refractivity contribution < 1.29 is 0 Å². The van der Waals surface area contributed by atoms with Crippen molar-refractivity contribution in [2.75, 3.05) is 14.1 Å². The number of hydrogen-bond donors (Lipinski definition) is 1. The monoisotopic (exact) mass is 212 g/mol. The molecule has 2 nitrogen and oxygen atoms in total. The summed E-state index contributed by atoms with van der Waals surface area (Å²) in [5.74, 6) is 0. The van der Waals surface area contributed by atoms with Gasteiger partial charge in [-0.25, -0.2) is 0 Å². The van der Waals surface area contributed by atoms with E-state index in [0.29, 0.717) is 6.04 Å². The lowest BCUT2D eigenvalue weighted by Gasteiger charge is -2.44. The van der Waals surface area contributed by atoms with E-state index in [9.17, 15) is 0 Å². The van der Waals surface area contributed by atoms with E-state index in [4.69, 9.17) is 5.73 Å². The smallest absolute Gasteiger partial charge is 0.0354 e. The molecule has 0 aromatic heterocycles. The van der Waals surface area contributed by atoms with Crippen LogP contribution in [-0.4, -0.2) is 30.6 Å². The fourth-order valence-electron chi connectivity index (χ4n) is 3.07. The number of rotatable bonds is 4. The first kappa shape index (κ1) is 13.0. The Hall–Kier alpha value is -0.0800. The minimum absolute atomic E-state index is 0.284. The number of hydrogen-bond acceptors (Lipinski definition) is 2. The van der Waals surface area contributed by atoms with Crippen LogP contribution in [0.1, 0.15) is 58.3 Å². The van der Waals surface area contributed by atoms with Gasteiger partial charge in [-0.05, 0) is 33.4 Å². The van der Waals surface area contributed by atoms with Crippen LogP contribution in [0.4, 0.5) is 0 Å². The largest absolute Gasteiger partial charge is 0.326 e. The number of nitrogens with two attached hydrogens (primary N) is 1. The summed E-state index contributed by atoms with van der Waals surface area (Å²) in [6.45, 7) is 2.24. The maximum atomic E-state index is 6.42. The van der Waals surface area contributed by atoms with E-state index in [0.717, 1.165) is 6.42 Å². The Morgan fingerprint density at radius 3 is 2.07 bits per heavy atom. The third-order valence-corrected chi connectivity index (χ3v) is 4.15. The van der Waals surface area contributed by atoms with Gasteiger partial charge in [-0.1, -0.05) is 39.0 Å². The molecule has 0 bridgehead atoms. The van der Waals surface area contributed by atoms with Gasteiger partial charge in [0.05, 0.1) is 0 Å². The second-order valence-electron chi connectivity index (χ2n) is 5.31. The summed E-state index contributed by atoms with van der Waals surface area (Å²) in [4.78, 5) is 2.40. The van der Waals surface area contributed by atoms with Crippen LogP contribution in [0.2, 0.25) is 0 Å². The molecule has 2 N–H and O–H groups in total. The molecule has 1 saturated carbocycles. The summed E-state index contributed by atoms with van der Waals surface area (Å²) in [6, 6.07) is 0.357. The third-order valence-electron chi connectivity index (χ3n) is 4.15. The highest BCUT2D eigenvalue weighted by molar-refractivity contribution is 4.97. The molecule has 1 atom stereocenters. The Kier molecular flexibility index (Phi) is 5.07. The van der Waals surface area contributed by atoms with E-state index in [1.165, 1.54) is 44.9 Å². The van der Waals surface area contributed by atoms with E-state index in [-0.39, 0.29) is 5.54 Å². The Morgan fingerprint density at radius 2 is 1.67 bits per heavy atom. The quantitative estimate of drug-likeness (QED) is 0.726. The molecule has 15 heavy (non-hydrogen) atoms. The topological polar surface area (TPSA) is 29.3 Å². The molecular formula is C13H28N2. The van der Waals surface area contributed by atoms with Crippen molar-refractivity contribution in [2.45, 2.75) is 69.9 Å². The molecule has 0 saturated heterocycles. The van der Waals surface area contributed by atoms with Crippen molar-refractivity contribution in [3.63, 3.8) is 0 Å². The molecule has 0 amide bonds. The predicted octanol–water partition coefficient (Wildman–Crippen LogP) is 2.77. The summed E-state index contributed by atoms with van der Waals surface area (Å²) in [5, 5.41) is 0. The molecule has 0 radical (unpaired) electrons. The van der Waals surface area contributed by atoms with E-state index in [1.807, 2.05) is 0 Å². The van der Waals surface area contributed by atoms with Crippen LogP contribution in [-0.2, 0) is 0 Å². The van der Waals surface area contributed by atoms with Gasteiger partial charge >= 0.3 is 0 Å². The van der Waals surface area contributed by atoms with Crippen molar-refractivity contribution in [3.05, 3.63) is 0 Å². The van der Waals surface area contributed by atoms with Crippen LogP contribution < -0.4 is 5.73 Å². The van der Waals surface area contributed by atoms with Crippen LogP contribution in [0.15, 0.2) is 0 Å². The van der Waals surface area contributed by atoms with Crippen LogP contribution in [0, 0.1) is 0 Å². The highest BCUT2D eigenvalue weighted by Crippen LogP contribution is 2.34. The first-order valence-electron chi connectivity index (χ1n) is 6.56. The SMILES string of the molecule is CCCC(N)C1(N(C)C)CCCCCC1. The Balaban J connectivity index is 2.74. The fraction of sp³-hybridized carbons (Fsp3) is 1.00. The maximum Gasteiger partial charge on any atom is 0.0354 e. The Labute approximate surface area is 95.2 Å². The summed E-state index contributed by atoms with van der Waals surface area (Å²) in [5.41, 5.74) is 6.71. The van der Waals surface area contributed by atoms with Crippen LogP contribution >= 0.6 is 0 Å². The van der Waals surface area contributed by atoms with Crippen molar-refractivity contribution in [3.8, 4) is 0 Å². The van der Waals surface area contributed by atoms with Gasteiger partial charge in [0.15, 0.2) is 0 Å². The molecule has 0 aromatic rings. The van der Waals surface area contributed by atoms with Gasteiger partial charge in [0.1, 0.15) is 0 Å². The maximum absolute atomic E-state index is 6.42. The molecule has 1 unspecified atom stereocenters. The normalized spacial score (nSPS) is 23.8. The second-order valence-corrected chi connectivity index (χ2v) is 5.31. The third kappa shape index (κ3) is 2.94. The van der Waals surface area contributed by atoms with Gasteiger partial charge in [0.25, 0.3) is 0 Å². The van der Waals surface area contributed by atoms with Crippen LogP contribution in [0.25, 0.3) is 0 Å². The van der Waals surface area contributed by atoms with Crippen molar-refractivity contribution in [1.29, 1.82) is 0 Å². The number of nitrogens with zero attached hydrogens (tertiary/aromatic N) is 1. The molecule has 0 heterocycles. The zero-order chi connectivity index (χ0) is 11.3. The molecule has 1 aliphatic rings. The standard InChI is InChI=1S/C13H28N2/c1-4-9-12(14)13(15(2)3)10-7-5-6-8-11-13/h12H,4-11,14H2,1-3H3. The van der Waals surface area contributed by atoms with Gasteiger partial charge in [0.2, 0.25) is 0 Å². The lowest BCUT2D eigenvalue weighted by atomic mass is 9.80. The molecule has 1 rings (SSSR count). The summed E-state index contributed by atoms with van der Waals surface area (Å²) >= 11 is 0. The highest BCUT2D eigenvalue weighted by atomic mass is 15.2. The van der Waals surface area contributed by atoms with Crippen LogP contribution in [0.3, 0.4) is 0 Å². The number of likely N-dealkylation sites (N-methyl/N-ethyl adjacent to an activating group) is 1. The Bertz CT molecular complexity index is 169. The first-order chi connectivity index (χ1) is 7.13. The summed E-state index contributed by atoms with van der Waals surface area (Å²) < 4.78 is 0. The summed E-state index contributed by atoms with van der Waals surface area (Å²) in [6.07, 6.45) is 10.5. The molecule has 0 aromatic carbocycles. The van der Waals surface area contributed by atoms with Gasteiger partial charge in [0, 0.05) is 11.6 Å². The zero-order valence-electron chi connectivity index (χ0n) is 10.8.